The van der Waals surface area contributed by atoms with Gasteiger partial charge in [0.25, 0.3) is 6.43 Å². The van der Waals surface area contributed by atoms with Gasteiger partial charge >= 0.3 is 5.97 Å². The fourth-order valence-electron chi connectivity index (χ4n) is 2.51. The van der Waals surface area contributed by atoms with Crippen molar-refractivity contribution >= 4 is 12.2 Å². The van der Waals surface area contributed by atoms with Gasteiger partial charge in [-0.05, 0) is 38.5 Å². The summed E-state index contributed by atoms with van der Waals surface area (Å²) in [5.41, 5.74) is 4.16. The molecule has 0 aromatic carbocycles. The highest BCUT2D eigenvalue weighted by Gasteiger charge is 2.43. The van der Waals surface area contributed by atoms with Gasteiger partial charge in [0.05, 0.1) is 0 Å². The Balaban J connectivity index is 2.40. The van der Waals surface area contributed by atoms with Crippen molar-refractivity contribution in [3.8, 4) is 0 Å². The molecule has 0 saturated heterocycles. The quantitative estimate of drug-likeness (QED) is 0.431. The Kier molecular flexibility index (Phi) is 6.45. The summed E-state index contributed by atoms with van der Waals surface area (Å²) >= 11 is 0. The van der Waals surface area contributed by atoms with Crippen LogP contribution in [0.4, 0.5) is 8.78 Å². The lowest BCUT2D eigenvalue weighted by atomic mass is 9.83. The van der Waals surface area contributed by atoms with Crippen LogP contribution in [0.2, 0.25) is 0 Å². The van der Waals surface area contributed by atoms with Gasteiger partial charge in [0, 0.05) is 18.7 Å². The fourth-order valence-corrected chi connectivity index (χ4v) is 2.51. The molecule has 3 N–H and O–H groups in total. The molecule has 120 valence electrons. The van der Waals surface area contributed by atoms with Crippen molar-refractivity contribution in [1.29, 1.82) is 0 Å². The van der Waals surface area contributed by atoms with E-state index in [0.29, 0.717) is 18.4 Å². The van der Waals surface area contributed by atoms with Gasteiger partial charge in [-0.2, -0.15) is 0 Å². The summed E-state index contributed by atoms with van der Waals surface area (Å²) in [4.78, 5) is 15.0. The number of nitrogens with two attached hydrogens (primary N) is 1. The third-order valence-corrected chi connectivity index (χ3v) is 4.06. The van der Waals surface area contributed by atoms with E-state index < -0.39 is 17.9 Å². The van der Waals surface area contributed by atoms with E-state index in [2.05, 4.69) is 24.9 Å². The molecular formula is C15H24F2N2O2. The first-order valence-electron chi connectivity index (χ1n) is 7.25. The summed E-state index contributed by atoms with van der Waals surface area (Å²) < 4.78 is 25.3. The summed E-state index contributed by atoms with van der Waals surface area (Å²) in [6.07, 6.45) is 3.07. The minimum absolute atomic E-state index is 0.236. The number of carboxylic acids is 1. The lowest BCUT2D eigenvalue weighted by Crippen LogP contribution is -2.54. The first kappa shape index (κ1) is 17.8. The Morgan fingerprint density at radius 3 is 2.86 bits per heavy atom. The van der Waals surface area contributed by atoms with Crippen LogP contribution in [-0.2, 0) is 4.79 Å². The molecule has 1 aliphatic carbocycles. The number of carbonyl (C=O) groups is 1. The second-order valence-electron chi connectivity index (χ2n) is 5.88. The number of hydrogen-bond donors (Lipinski definition) is 2. The van der Waals surface area contributed by atoms with E-state index in [1.807, 2.05) is 6.21 Å². The molecule has 1 aliphatic rings. The van der Waals surface area contributed by atoms with Crippen LogP contribution in [-0.4, -0.2) is 35.8 Å². The van der Waals surface area contributed by atoms with E-state index in [0.717, 1.165) is 12.8 Å². The first-order chi connectivity index (χ1) is 9.77. The molecule has 21 heavy (non-hydrogen) atoms. The molecule has 6 heteroatoms. The van der Waals surface area contributed by atoms with Crippen molar-refractivity contribution in [2.75, 3.05) is 6.54 Å². The standard InChI is InChI=1S/C15H24F2N2O2/c1-10-4-5-12(11(2)8-10)9-19-7-3-6-15(18,13(16)17)14(20)21/h8-9,11-13H,3-7,18H2,1-2H3,(H,20,21)/b19-9+. The SMILES string of the molecule is CC1=CC(C)C(/C=N/CCCC(N)(C(=O)O)C(F)F)CC1. The normalized spacial score (nSPS) is 25.9. The molecule has 0 bridgehead atoms. The number of nitrogens with zero attached hydrogens (tertiary/aromatic N) is 1. The number of rotatable bonds is 7. The molecule has 0 radical (unpaired) electrons. The topological polar surface area (TPSA) is 75.7 Å². The number of alkyl halides is 2. The molecule has 0 amide bonds. The number of carboxylic acid groups (broad SMARTS) is 1. The smallest absolute Gasteiger partial charge is 0.329 e. The molecule has 0 aliphatic heterocycles. The van der Waals surface area contributed by atoms with Crippen LogP contribution in [0, 0.1) is 11.8 Å². The summed E-state index contributed by atoms with van der Waals surface area (Å²) in [6, 6.07) is 0. The van der Waals surface area contributed by atoms with Crippen LogP contribution in [0.25, 0.3) is 0 Å². The van der Waals surface area contributed by atoms with Gasteiger partial charge in [0.2, 0.25) is 0 Å². The third-order valence-electron chi connectivity index (χ3n) is 4.06. The van der Waals surface area contributed by atoms with Crippen molar-refractivity contribution in [1.82, 2.24) is 0 Å². The minimum Gasteiger partial charge on any atom is -0.480 e. The third kappa shape index (κ3) is 4.88. The highest BCUT2D eigenvalue weighted by Crippen LogP contribution is 2.27. The highest BCUT2D eigenvalue weighted by atomic mass is 19.3. The molecule has 3 unspecified atom stereocenters. The maximum absolute atomic E-state index is 12.7. The molecule has 0 aromatic heterocycles. The summed E-state index contributed by atoms with van der Waals surface area (Å²) in [6.45, 7) is 4.57. The van der Waals surface area contributed by atoms with Gasteiger partial charge < -0.3 is 10.8 Å². The first-order valence-corrected chi connectivity index (χ1v) is 7.25. The molecule has 0 saturated carbocycles. The molecular weight excluding hydrogens is 278 g/mol. The van der Waals surface area contributed by atoms with Crippen molar-refractivity contribution in [2.24, 2.45) is 22.6 Å². The van der Waals surface area contributed by atoms with Crippen LogP contribution < -0.4 is 5.73 Å². The van der Waals surface area contributed by atoms with Crippen molar-refractivity contribution in [2.45, 2.75) is 51.5 Å². The van der Waals surface area contributed by atoms with Crippen LogP contribution in [0.1, 0.15) is 39.5 Å². The predicted molar refractivity (Wildman–Crippen MR) is 78.8 cm³/mol. The second kappa shape index (κ2) is 7.64. The number of aliphatic carboxylic acids is 1. The lowest BCUT2D eigenvalue weighted by molar-refractivity contribution is -0.150. The molecule has 0 aromatic rings. The molecule has 0 spiro atoms. The van der Waals surface area contributed by atoms with E-state index in [-0.39, 0.29) is 12.8 Å². The Bertz CT molecular complexity index is 424. The van der Waals surface area contributed by atoms with E-state index in [1.165, 1.54) is 5.57 Å². The molecule has 0 fully saturated rings. The van der Waals surface area contributed by atoms with Crippen molar-refractivity contribution in [3.63, 3.8) is 0 Å². The fraction of sp³-hybridized carbons (Fsp3) is 0.733. The van der Waals surface area contributed by atoms with Gasteiger partial charge in [-0.25, -0.2) is 13.6 Å². The maximum Gasteiger partial charge on any atom is 0.329 e. The predicted octanol–water partition coefficient (Wildman–Crippen LogP) is 2.88. The van der Waals surface area contributed by atoms with Gasteiger partial charge in [-0.1, -0.05) is 18.6 Å². The summed E-state index contributed by atoms with van der Waals surface area (Å²) in [5, 5.41) is 8.77. The van der Waals surface area contributed by atoms with Crippen molar-refractivity contribution in [3.05, 3.63) is 11.6 Å². The van der Waals surface area contributed by atoms with Gasteiger partial charge in [0.15, 0.2) is 5.54 Å². The van der Waals surface area contributed by atoms with Gasteiger partial charge in [-0.15, -0.1) is 0 Å². The van der Waals surface area contributed by atoms with E-state index in [4.69, 9.17) is 10.8 Å². The molecule has 3 atom stereocenters. The summed E-state index contributed by atoms with van der Waals surface area (Å²) in [7, 11) is 0. The van der Waals surface area contributed by atoms with E-state index in [9.17, 15) is 13.6 Å². The molecule has 4 nitrogen and oxygen atoms in total. The van der Waals surface area contributed by atoms with Crippen LogP contribution in [0.15, 0.2) is 16.6 Å². The Morgan fingerprint density at radius 1 is 1.67 bits per heavy atom. The minimum atomic E-state index is -3.08. The van der Waals surface area contributed by atoms with Gasteiger partial charge in [0.1, 0.15) is 0 Å². The highest BCUT2D eigenvalue weighted by molar-refractivity contribution is 5.79. The number of allylic oxidation sites excluding steroid dienone is 2. The summed E-state index contributed by atoms with van der Waals surface area (Å²) in [5.74, 6) is -0.870. The average molecular weight is 302 g/mol. The maximum atomic E-state index is 12.7. The largest absolute Gasteiger partial charge is 0.480 e. The zero-order valence-corrected chi connectivity index (χ0v) is 12.6. The molecule has 0 heterocycles. The zero-order chi connectivity index (χ0) is 16.0. The van der Waals surface area contributed by atoms with E-state index >= 15 is 0 Å². The lowest BCUT2D eigenvalue weighted by Gasteiger charge is -2.24. The number of aliphatic imine (C=N–C) groups is 1. The van der Waals surface area contributed by atoms with Crippen LogP contribution in [0.3, 0.4) is 0 Å². The zero-order valence-electron chi connectivity index (χ0n) is 12.6. The average Bonchev–Trinajstić information content (AvgIpc) is 2.39. The van der Waals surface area contributed by atoms with Crippen molar-refractivity contribution < 1.29 is 18.7 Å². The van der Waals surface area contributed by atoms with Crippen LogP contribution in [0.5, 0.6) is 0 Å². The Hall–Kier alpha value is -1.30. The van der Waals surface area contributed by atoms with Gasteiger partial charge in [-0.3, -0.25) is 4.99 Å². The van der Waals surface area contributed by atoms with E-state index in [1.54, 1.807) is 0 Å². The Labute approximate surface area is 124 Å². The monoisotopic (exact) mass is 302 g/mol. The number of halogens is 2. The Morgan fingerprint density at radius 2 is 2.33 bits per heavy atom. The second-order valence-corrected chi connectivity index (χ2v) is 5.88. The molecule has 1 rings (SSSR count). The van der Waals surface area contributed by atoms with Crippen LogP contribution >= 0.6 is 0 Å². The number of hydrogen-bond acceptors (Lipinski definition) is 3.